The predicted octanol–water partition coefficient (Wildman–Crippen LogP) is 2.52. The molecule has 21 heavy (non-hydrogen) atoms. The van der Waals surface area contributed by atoms with E-state index < -0.39 is 10.0 Å². The standard InChI is InChI=1S/C15H17FN2O2S/c16-15-6-2-1-4-12(15)5-3-11-18-13-7-9-14(10-8-13)21(17,19)20/h1-2,4,6-10,18H,3,5,11H2,(H2,17,19,20). The fourth-order valence-electron chi connectivity index (χ4n) is 1.98. The molecule has 0 bridgehead atoms. The number of rotatable bonds is 6. The first-order chi connectivity index (χ1) is 9.97. The van der Waals surface area contributed by atoms with Crippen molar-refractivity contribution in [2.24, 2.45) is 5.14 Å². The third-order valence-electron chi connectivity index (χ3n) is 3.09. The van der Waals surface area contributed by atoms with Gasteiger partial charge in [-0.05, 0) is 48.7 Å². The monoisotopic (exact) mass is 308 g/mol. The predicted molar refractivity (Wildman–Crippen MR) is 81.0 cm³/mol. The number of nitrogens with one attached hydrogen (secondary N) is 1. The highest BCUT2D eigenvalue weighted by molar-refractivity contribution is 7.89. The van der Waals surface area contributed by atoms with E-state index in [0.717, 1.165) is 12.1 Å². The van der Waals surface area contributed by atoms with E-state index in [2.05, 4.69) is 5.32 Å². The van der Waals surface area contributed by atoms with Crippen LogP contribution in [0.3, 0.4) is 0 Å². The van der Waals surface area contributed by atoms with Crippen molar-refractivity contribution in [2.45, 2.75) is 17.7 Å². The second-order valence-corrected chi connectivity index (χ2v) is 6.25. The molecule has 0 aliphatic heterocycles. The Bertz CT molecular complexity index is 700. The summed E-state index contributed by atoms with van der Waals surface area (Å²) in [6.45, 7) is 0.670. The van der Waals surface area contributed by atoms with Gasteiger partial charge in [-0.1, -0.05) is 18.2 Å². The molecule has 0 amide bonds. The topological polar surface area (TPSA) is 72.2 Å². The SMILES string of the molecule is NS(=O)(=O)c1ccc(NCCCc2ccccc2F)cc1. The molecule has 2 aromatic rings. The van der Waals surface area contributed by atoms with Crippen LogP contribution in [0.2, 0.25) is 0 Å². The van der Waals surface area contributed by atoms with Gasteiger partial charge in [-0.15, -0.1) is 0 Å². The molecule has 4 nitrogen and oxygen atoms in total. The molecule has 6 heteroatoms. The molecule has 0 saturated carbocycles. The Labute approximate surface area is 123 Å². The van der Waals surface area contributed by atoms with Crippen LogP contribution in [0.5, 0.6) is 0 Å². The van der Waals surface area contributed by atoms with Crippen LogP contribution < -0.4 is 10.5 Å². The minimum Gasteiger partial charge on any atom is -0.385 e. The molecule has 0 aromatic heterocycles. The number of nitrogens with two attached hydrogens (primary N) is 1. The van der Waals surface area contributed by atoms with Crippen LogP contribution in [0.1, 0.15) is 12.0 Å². The number of sulfonamides is 1. The molecule has 0 heterocycles. The Kier molecular flexibility index (Phi) is 4.93. The van der Waals surface area contributed by atoms with Crippen molar-refractivity contribution in [1.29, 1.82) is 0 Å². The minimum atomic E-state index is -3.65. The molecule has 0 atom stereocenters. The van der Waals surface area contributed by atoms with Crippen LogP contribution in [0.25, 0.3) is 0 Å². The van der Waals surface area contributed by atoms with Gasteiger partial charge < -0.3 is 5.32 Å². The van der Waals surface area contributed by atoms with Gasteiger partial charge in [0.1, 0.15) is 5.82 Å². The van der Waals surface area contributed by atoms with Crippen molar-refractivity contribution < 1.29 is 12.8 Å². The number of hydrogen-bond acceptors (Lipinski definition) is 3. The first kappa shape index (κ1) is 15.5. The Morgan fingerprint density at radius 3 is 2.33 bits per heavy atom. The van der Waals surface area contributed by atoms with E-state index in [-0.39, 0.29) is 10.7 Å². The quantitative estimate of drug-likeness (QED) is 0.805. The largest absolute Gasteiger partial charge is 0.385 e. The summed E-state index contributed by atoms with van der Waals surface area (Å²) in [4.78, 5) is 0.0828. The summed E-state index contributed by atoms with van der Waals surface area (Å²) < 4.78 is 35.6. The lowest BCUT2D eigenvalue weighted by Gasteiger charge is -2.07. The summed E-state index contributed by atoms with van der Waals surface area (Å²) in [6, 6.07) is 12.9. The van der Waals surface area contributed by atoms with Crippen LogP contribution in [-0.4, -0.2) is 15.0 Å². The molecule has 0 radical (unpaired) electrons. The van der Waals surface area contributed by atoms with Gasteiger partial charge in [0.15, 0.2) is 0 Å². The van der Waals surface area contributed by atoms with Crippen LogP contribution in [0.15, 0.2) is 53.4 Å². The lowest BCUT2D eigenvalue weighted by atomic mass is 10.1. The maximum Gasteiger partial charge on any atom is 0.238 e. The highest BCUT2D eigenvalue weighted by Gasteiger charge is 2.06. The van der Waals surface area contributed by atoms with Gasteiger partial charge in [-0.25, -0.2) is 17.9 Å². The number of benzene rings is 2. The van der Waals surface area contributed by atoms with Crippen LogP contribution in [0.4, 0.5) is 10.1 Å². The maximum atomic E-state index is 13.4. The molecule has 0 aliphatic carbocycles. The lowest BCUT2D eigenvalue weighted by Crippen LogP contribution is -2.12. The summed E-state index contributed by atoms with van der Waals surface area (Å²) in [5, 5.41) is 8.18. The second-order valence-electron chi connectivity index (χ2n) is 4.69. The lowest BCUT2D eigenvalue weighted by molar-refractivity contribution is 0.598. The Morgan fingerprint density at radius 1 is 1.05 bits per heavy atom. The number of aryl methyl sites for hydroxylation is 1. The average molecular weight is 308 g/mol. The third kappa shape index (κ3) is 4.54. The van der Waals surface area contributed by atoms with E-state index >= 15 is 0 Å². The van der Waals surface area contributed by atoms with Gasteiger partial charge in [0.2, 0.25) is 10.0 Å². The van der Waals surface area contributed by atoms with E-state index in [1.165, 1.54) is 18.2 Å². The fraction of sp³-hybridized carbons (Fsp3) is 0.200. The van der Waals surface area contributed by atoms with E-state index in [0.29, 0.717) is 18.5 Å². The van der Waals surface area contributed by atoms with Crippen molar-refractivity contribution in [3.8, 4) is 0 Å². The van der Waals surface area contributed by atoms with Gasteiger partial charge in [0.25, 0.3) is 0 Å². The number of anilines is 1. The van der Waals surface area contributed by atoms with E-state index in [1.807, 2.05) is 6.07 Å². The van der Waals surface area contributed by atoms with Gasteiger partial charge in [0, 0.05) is 12.2 Å². The van der Waals surface area contributed by atoms with Crippen molar-refractivity contribution in [3.05, 3.63) is 59.9 Å². The smallest absolute Gasteiger partial charge is 0.238 e. The molecular weight excluding hydrogens is 291 g/mol. The summed E-state index contributed by atoms with van der Waals surface area (Å²) in [7, 11) is -3.65. The van der Waals surface area contributed by atoms with Crippen molar-refractivity contribution in [1.82, 2.24) is 0 Å². The van der Waals surface area contributed by atoms with Crippen LogP contribution in [0, 0.1) is 5.82 Å². The zero-order valence-corrected chi connectivity index (χ0v) is 12.2. The number of primary sulfonamides is 1. The summed E-state index contributed by atoms with van der Waals surface area (Å²) in [5.41, 5.74) is 1.50. The van der Waals surface area contributed by atoms with Gasteiger partial charge >= 0.3 is 0 Å². The summed E-state index contributed by atoms with van der Waals surface area (Å²) in [5.74, 6) is -0.185. The molecule has 112 valence electrons. The first-order valence-corrected chi connectivity index (χ1v) is 8.11. The Hall–Kier alpha value is -1.92. The molecule has 3 N–H and O–H groups in total. The number of hydrogen-bond donors (Lipinski definition) is 2. The Balaban J connectivity index is 1.83. The van der Waals surface area contributed by atoms with Gasteiger partial charge in [-0.3, -0.25) is 0 Å². The molecule has 0 aliphatic rings. The summed E-state index contributed by atoms with van der Waals surface area (Å²) in [6.07, 6.45) is 1.42. The van der Waals surface area contributed by atoms with Crippen molar-refractivity contribution >= 4 is 15.7 Å². The van der Waals surface area contributed by atoms with Crippen LogP contribution in [-0.2, 0) is 16.4 Å². The zero-order chi connectivity index (χ0) is 15.3. The molecule has 2 aromatic carbocycles. The first-order valence-electron chi connectivity index (χ1n) is 6.57. The Morgan fingerprint density at radius 2 is 1.71 bits per heavy atom. The average Bonchev–Trinajstić information content (AvgIpc) is 2.45. The van der Waals surface area contributed by atoms with Gasteiger partial charge in [-0.2, -0.15) is 0 Å². The van der Waals surface area contributed by atoms with Crippen molar-refractivity contribution in [3.63, 3.8) is 0 Å². The summed E-state index contributed by atoms with van der Waals surface area (Å²) >= 11 is 0. The number of halogens is 1. The molecule has 0 saturated heterocycles. The molecule has 0 fully saturated rings. The molecule has 0 spiro atoms. The van der Waals surface area contributed by atoms with E-state index in [1.54, 1.807) is 24.3 Å². The highest BCUT2D eigenvalue weighted by Crippen LogP contribution is 2.13. The maximum absolute atomic E-state index is 13.4. The minimum absolute atomic E-state index is 0.0828. The van der Waals surface area contributed by atoms with Crippen molar-refractivity contribution in [2.75, 3.05) is 11.9 Å². The normalized spacial score (nSPS) is 11.3. The van der Waals surface area contributed by atoms with E-state index in [4.69, 9.17) is 5.14 Å². The van der Waals surface area contributed by atoms with E-state index in [9.17, 15) is 12.8 Å². The van der Waals surface area contributed by atoms with Crippen LogP contribution >= 0.6 is 0 Å². The van der Waals surface area contributed by atoms with Gasteiger partial charge in [0.05, 0.1) is 4.90 Å². The zero-order valence-electron chi connectivity index (χ0n) is 11.4. The molecule has 0 unspecified atom stereocenters. The fourth-order valence-corrected chi connectivity index (χ4v) is 2.49. The highest BCUT2D eigenvalue weighted by atomic mass is 32.2. The molecular formula is C15H17FN2O2S. The second kappa shape index (κ2) is 6.69. The third-order valence-corrected chi connectivity index (χ3v) is 4.02. The molecule has 2 rings (SSSR count).